The Morgan fingerprint density at radius 3 is 2.31 bits per heavy atom. The number of esters is 1. The van der Waals surface area contributed by atoms with Crippen molar-refractivity contribution in [3.8, 4) is 0 Å². The van der Waals surface area contributed by atoms with Gasteiger partial charge in [-0.15, -0.1) is 0 Å². The van der Waals surface area contributed by atoms with E-state index in [-0.39, 0.29) is 8.47 Å². The standard InChI is InChI=1S/C18H35O2S.C3H3.2In/c1-4-7-10-11-12-13-15-20-18(19)17(14-8-5-2)21-16-9-6-3;1-3-2;;/h4-16H2,1-3H3;1-3H;;. The van der Waals surface area contributed by atoms with Crippen LogP contribution in [0.3, 0.4) is 0 Å². The van der Waals surface area contributed by atoms with E-state index >= 15 is 0 Å². The first-order chi connectivity index (χ1) is 12.7. The summed E-state index contributed by atoms with van der Waals surface area (Å²) in [6, 6.07) is 0. The van der Waals surface area contributed by atoms with Crippen LogP contribution < -0.4 is 0 Å². The molecule has 0 saturated heterocycles. The van der Waals surface area contributed by atoms with E-state index in [0.29, 0.717) is 6.61 Å². The molecule has 146 valence electrons. The van der Waals surface area contributed by atoms with Crippen molar-refractivity contribution in [3.05, 3.63) is 9.91 Å². The Labute approximate surface area is 192 Å². The number of ether oxygens (including phenoxy) is 1. The molecule has 1 atom stereocenters. The van der Waals surface area contributed by atoms with E-state index in [4.69, 9.17) is 4.74 Å². The summed E-state index contributed by atoms with van der Waals surface area (Å²) in [5.74, 6) is 1.20. The summed E-state index contributed by atoms with van der Waals surface area (Å²) < 4.78 is 10.2. The van der Waals surface area contributed by atoms with E-state index in [1.807, 2.05) is 11.8 Å². The summed E-state index contributed by atoms with van der Waals surface area (Å²) in [4.78, 5) is 13.1. The van der Waals surface area contributed by atoms with Crippen LogP contribution in [0, 0.1) is 0 Å². The minimum atomic E-state index is -1.17. The molecule has 0 rings (SSSR count). The molecule has 0 aromatic rings. The molecule has 0 heterocycles. The number of thioether (sulfide) groups is 1. The molecule has 5 heteroatoms. The fourth-order valence-electron chi connectivity index (χ4n) is 2.72. The molecule has 0 aromatic heterocycles. The third kappa shape index (κ3) is 13.4. The summed E-state index contributed by atoms with van der Waals surface area (Å²) in [7, 11) is 0. The Morgan fingerprint density at radius 1 is 1.00 bits per heavy atom. The number of unbranched alkanes of at least 4 members (excludes halogenated alkanes) is 7. The van der Waals surface area contributed by atoms with E-state index in [1.165, 1.54) is 44.9 Å². The van der Waals surface area contributed by atoms with Crippen molar-refractivity contribution in [1.29, 1.82) is 0 Å². The number of carbonyl (C=O) groups is 1. The molecule has 0 N–H and O–H groups in total. The van der Waals surface area contributed by atoms with Crippen LogP contribution in [0.25, 0.3) is 0 Å². The van der Waals surface area contributed by atoms with Crippen molar-refractivity contribution >= 4 is 68.3 Å². The number of hydrogen-bond acceptors (Lipinski definition) is 3. The Kier molecular flexibility index (Phi) is 20.4. The van der Waals surface area contributed by atoms with Gasteiger partial charge < -0.3 is 0 Å². The first-order valence-electron chi connectivity index (χ1n) is 10.5. The van der Waals surface area contributed by atoms with Gasteiger partial charge >= 0.3 is 194 Å². The van der Waals surface area contributed by atoms with Crippen molar-refractivity contribution in [2.24, 2.45) is 0 Å². The van der Waals surface area contributed by atoms with E-state index in [0.717, 1.165) is 55.3 Å². The normalized spacial score (nSPS) is 13.5. The van der Waals surface area contributed by atoms with E-state index in [1.54, 1.807) is 0 Å². The Morgan fingerprint density at radius 2 is 1.65 bits per heavy atom. The van der Waals surface area contributed by atoms with Crippen molar-refractivity contribution in [2.75, 3.05) is 12.4 Å². The predicted molar refractivity (Wildman–Crippen MR) is 121 cm³/mol. The summed E-state index contributed by atoms with van der Waals surface area (Å²) in [6.07, 6.45) is 15.3. The SMILES string of the molecule is CCCCCCCCOC(=O)[C](CCCC)(SCCCC)[In]/[CH]=C\[CH]=[In]. The summed E-state index contributed by atoms with van der Waals surface area (Å²) in [6.45, 7) is 7.30. The molecular formula is C21H38In2O2S. The van der Waals surface area contributed by atoms with Gasteiger partial charge in [0, 0.05) is 0 Å². The van der Waals surface area contributed by atoms with Gasteiger partial charge in [-0.2, -0.15) is 0 Å². The third-order valence-electron chi connectivity index (χ3n) is 4.42. The zero-order chi connectivity index (χ0) is 19.5. The average molecular weight is 584 g/mol. The quantitative estimate of drug-likeness (QED) is 0.157. The number of rotatable bonds is 18. The first-order valence-corrected chi connectivity index (χ1v) is 17.0. The van der Waals surface area contributed by atoms with Crippen molar-refractivity contribution in [3.63, 3.8) is 0 Å². The third-order valence-corrected chi connectivity index (χ3v) is 13.0. The van der Waals surface area contributed by atoms with Crippen LogP contribution in [-0.2, 0) is 9.53 Å². The Balaban J connectivity index is 4.70. The molecule has 0 aromatic carbocycles. The second-order valence-corrected chi connectivity index (χ2v) is 15.4. The predicted octanol–water partition coefficient (Wildman–Crippen LogP) is 5.50. The second kappa shape index (κ2) is 19.5. The molecule has 0 spiro atoms. The number of carbonyl (C=O) groups excluding carboxylic acids is 1. The molecule has 0 aliphatic rings. The average Bonchev–Trinajstić information content (AvgIpc) is 2.65. The minimum absolute atomic E-state index is 0.110. The second-order valence-electron chi connectivity index (χ2n) is 6.84. The van der Waals surface area contributed by atoms with Gasteiger partial charge in [0.15, 0.2) is 0 Å². The molecule has 0 fully saturated rings. The molecule has 0 amide bonds. The summed E-state index contributed by atoms with van der Waals surface area (Å²) >= 11 is 1.90. The molecule has 0 aliphatic heterocycles. The zero-order valence-corrected chi connectivity index (χ0v) is 24.7. The van der Waals surface area contributed by atoms with Crippen molar-refractivity contribution in [2.45, 2.75) is 93.9 Å². The Bertz CT molecular complexity index is 388. The van der Waals surface area contributed by atoms with Crippen molar-refractivity contribution < 1.29 is 9.53 Å². The fraction of sp³-hybridized carbons (Fsp3) is 0.810. The maximum absolute atomic E-state index is 13.1. The van der Waals surface area contributed by atoms with Gasteiger partial charge in [-0.05, 0) is 0 Å². The van der Waals surface area contributed by atoms with Gasteiger partial charge in [-0.1, -0.05) is 0 Å². The van der Waals surface area contributed by atoms with Crippen LogP contribution in [0.4, 0.5) is 0 Å². The molecular weight excluding hydrogens is 546 g/mol. The van der Waals surface area contributed by atoms with E-state index < -0.39 is 22.9 Å². The van der Waals surface area contributed by atoms with E-state index in [2.05, 4.69) is 34.4 Å². The monoisotopic (exact) mass is 584 g/mol. The van der Waals surface area contributed by atoms with Gasteiger partial charge in [-0.3, -0.25) is 0 Å². The topological polar surface area (TPSA) is 26.3 Å². The molecule has 26 heavy (non-hydrogen) atoms. The first kappa shape index (κ1) is 27.2. The fourth-order valence-corrected chi connectivity index (χ4v) is 12.1. The summed E-state index contributed by atoms with van der Waals surface area (Å²) in [5, 5.41) is 0. The van der Waals surface area contributed by atoms with Crippen LogP contribution in [0.5, 0.6) is 0 Å². The molecule has 2 radical (unpaired) electrons. The van der Waals surface area contributed by atoms with Gasteiger partial charge in [0.25, 0.3) is 0 Å². The van der Waals surface area contributed by atoms with Crippen LogP contribution in [0.2, 0.25) is 0 Å². The Hall–Kier alpha value is 1.17. The van der Waals surface area contributed by atoms with Gasteiger partial charge in [0.05, 0.1) is 0 Å². The van der Waals surface area contributed by atoms with Crippen LogP contribution in [-0.4, -0.2) is 71.4 Å². The van der Waals surface area contributed by atoms with Crippen LogP contribution >= 0.6 is 11.8 Å². The molecule has 0 saturated carbocycles. The van der Waals surface area contributed by atoms with Gasteiger partial charge in [0.1, 0.15) is 0 Å². The van der Waals surface area contributed by atoms with Gasteiger partial charge in [-0.25, -0.2) is 0 Å². The maximum atomic E-state index is 13.1. The molecule has 2 nitrogen and oxygen atoms in total. The van der Waals surface area contributed by atoms with Crippen LogP contribution in [0.1, 0.15) is 91.4 Å². The van der Waals surface area contributed by atoms with Gasteiger partial charge in [0.2, 0.25) is 0 Å². The molecule has 1 unspecified atom stereocenters. The molecule has 0 bridgehead atoms. The zero-order valence-electron chi connectivity index (χ0n) is 17.3. The van der Waals surface area contributed by atoms with Crippen LogP contribution in [0.15, 0.2) is 9.91 Å². The number of allylic oxidation sites excluding steroid dienone is 1. The summed E-state index contributed by atoms with van der Waals surface area (Å²) in [5.41, 5.74) is 0. The van der Waals surface area contributed by atoms with E-state index in [9.17, 15) is 4.79 Å². The number of hydrogen-bond donors (Lipinski definition) is 0. The molecule has 0 aliphatic carbocycles. The van der Waals surface area contributed by atoms with Crippen molar-refractivity contribution in [1.82, 2.24) is 0 Å².